The molecule has 0 saturated carbocycles. The van der Waals surface area contributed by atoms with Crippen molar-refractivity contribution in [2.75, 3.05) is 13.3 Å². The van der Waals surface area contributed by atoms with Crippen LogP contribution in [0.3, 0.4) is 0 Å². The summed E-state index contributed by atoms with van der Waals surface area (Å²) in [6.07, 6.45) is 5.61. The number of halogens is 2. The summed E-state index contributed by atoms with van der Waals surface area (Å²) in [6, 6.07) is 8.12. The van der Waals surface area contributed by atoms with Crippen molar-refractivity contribution in [1.82, 2.24) is 14.4 Å². The summed E-state index contributed by atoms with van der Waals surface area (Å²) in [5.74, 6) is -0.267. The first-order valence-electron chi connectivity index (χ1n) is 10.4. The number of carbonyl (C=O) groups excluding carboxylic acids is 2. The minimum absolute atomic E-state index is 0. The standard InChI is InChI=1S/C23H30N4O3.2ClH/c1-15-26(11-12-27(15)14-30-22(29)23(2,3)24)13-16-9-10-19-20(21(16)28)17-7-5-6-8-18(17)25(19)4;;/h5-8,11-12,15-16H,9-10,13-14,24H2,1-4H3;2*1H. The second-order valence-electron chi connectivity index (χ2n) is 8.92. The largest absolute Gasteiger partial charge is 0.443 e. The number of hydrogen-bond acceptors (Lipinski definition) is 6. The lowest BCUT2D eigenvalue weighted by Gasteiger charge is -2.33. The van der Waals surface area contributed by atoms with Crippen LogP contribution in [-0.2, 0) is 23.0 Å². The van der Waals surface area contributed by atoms with Crippen LogP contribution in [0.1, 0.15) is 43.2 Å². The highest BCUT2D eigenvalue weighted by Crippen LogP contribution is 2.34. The van der Waals surface area contributed by atoms with Crippen LogP contribution in [0.2, 0.25) is 0 Å². The highest BCUT2D eigenvalue weighted by Gasteiger charge is 2.35. The monoisotopic (exact) mass is 482 g/mol. The molecule has 9 heteroatoms. The number of para-hydroxylation sites is 1. The van der Waals surface area contributed by atoms with Gasteiger partial charge in [-0.2, -0.15) is 0 Å². The third-order valence-corrected chi connectivity index (χ3v) is 6.29. The molecule has 2 unspecified atom stereocenters. The molecule has 0 fully saturated rings. The van der Waals surface area contributed by atoms with E-state index in [-0.39, 0.29) is 49.4 Å². The number of aryl methyl sites for hydroxylation is 1. The molecule has 0 amide bonds. The van der Waals surface area contributed by atoms with Crippen molar-refractivity contribution >= 4 is 47.5 Å². The Morgan fingerprint density at radius 1 is 1.19 bits per heavy atom. The van der Waals surface area contributed by atoms with Crippen LogP contribution in [0.5, 0.6) is 0 Å². The number of rotatable bonds is 5. The quantitative estimate of drug-likeness (QED) is 0.657. The van der Waals surface area contributed by atoms with E-state index in [4.69, 9.17) is 10.5 Å². The third kappa shape index (κ3) is 4.60. The van der Waals surface area contributed by atoms with Crippen molar-refractivity contribution in [2.24, 2.45) is 18.7 Å². The fraction of sp³-hybridized carbons (Fsp3) is 0.478. The summed E-state index contributed by atoms with van der Waals surface area (Å²) in [6.45, 7) is 6.08. The molecule has 2 aromatic rings. The van der Waals surface area contributed by atoms with Gasteiger partial charge in [0.1, 0.15) is 11.7 Å². The van der Waals surface area contributed by atoms with E-state index in [1.165, 1.54) is 0 Å². The Bertz CT molecular complexity index is 1030. The lowest BCUT2D eigenvalue weighted by molar-refractivity contribution is -0.153. The number of aromatic nitrogens is 1. The lowest BCUT2D eigenvalue weighted by atomic mass is 9.84. The van der Waals surface area contributed by atoms with E-state index < -0.39 is 11.5 Å². The van der Waals surface area contributed by atoms with Crippen LogP contribution >= 0.6 is 24.8 Å². The zero-order chi connectivity index (χ0) is 21.6. The van der Waals surface area contributed by atoms with Crippen molar-refractivity contribution in [3.63, 3.8) is 0 Å². The van der Waals surface area contributed by atoms with Gasteiger partial charge in [0.15, 0.2) is 12.5 Å². The molecule has 1 aromatic heterocycles. The minimum atomic E-state index is -1.02. The van der Waals surface area contributed by atoms with Gasteiger partial charge in [-0.25, -0.2) is 0 Å². The Morgan fingerprint density at radius 3 is 2.53 bits per heavy atom. The summed E-state index contributed by atoms with van der Waals surface area (Å²) in [7, 11) is 2.04. The smallest absolute Gasteiger partial charge is 0.327 e. The molecule has 1 aliphatic heterocycles. The number of nitrogens with zero attached hydrogens (tertiary/aromatic N) is 3. The molecule has 2 N–H and O–H groups in total. The molecule has 0 radical (unpaired) electrons. The van der Waals surface area contributed by atoms with Crippen LogP contribution in [-0.4, -0.2) is 51.1 Å². The van der Waals surface area contributed by atoms with Gasteiger partial charge in [0.05, 0.1) is 0 Å². The zero-order valence-electron chi connectivity index (χ0n) is 18.9. The fourth-order valence-corrected chi connectivity index (χ4v) is 4.38. The molecule has 0 spiro atoms. The van der Waals surface area contributed by atoms with Crippen molar-refractivity contribution in [1.29, 1.82) is 0 Å². The summed E-state index contributed by atoms with van der Waals surface area (Å²) in [4.78, 5) is 29.4. The van der Waals surface area contributed by atoms with Crippen molar-refractivity contribution in [3.8, 4) is 0 Å². The molecule has 2 heterocycles. The van der Waals surface area contributed by atoms with Gasteiger partial charge >= 0.3 is 5.97 Å². The van der Waals surface area contributed by atoms with Gasteiger partial charge < -0.3 is 24.8 Å². The normalized spacial score (nSPS) is 20.1. The molecule has 2 atom stereocenters. The maximum Gasteiger partial charge on any atom is 0.327 e. The van der Waals surface area contributed by atoms with Gasteiger partial charge in [-0.1, -0.05) is 18.2 Å². The Labute approximate surface area is 201 Å². The van der Waals surface area contributed by atoms with E-state index in [1.54, 1.807) is 13.8 Å². The van der Waals surface area contributed by atoms with E-state index >= 15 is 0 Å². The third-order valence-electron chi connectivity index (χ3n) is 6.29. The molecule has 7 nitrogen and oxygen atoms in total. The maximum absolute atomic E-state index is 13.4. The average molecular weight is 483 g/mol. The van der Waals surface area contributed by atoms with E-state index in [0.717, 1.165) is 35.0 Å². The molecule has 176 valence electrons. The number of Topliss-reactive ketones (excluding diaryl/α,β-unsaturated/α-hetero) is 1. The molecule has 4 rings (SSSR count). The van der Waals surface area contributed by atoms with Gasteiger partial charge in [-0.15, -0.1) is 24.8 Å². The molecule has 1 aliphatic carbocycles. The van der Waals surface area contributed by atoms with Crippen LogP contribution in [0.15, 0.2) is 36.7 Å². The van der Waals surface area contributed by atoms with Crippen LogP contribution < -0.4 is 5.73 Å². The highest BCUT2D eigenvalue weighted by molar-refractivity contribution is 6.11. The summed E-state index contributed by atoms with van der Waals surface area (Å²) in [5, 5.41) is 1.05. The predicted octanol–water partition coefficient (Wildman–Crippen LogP) is 3.44. The number of ether oxygens (including phenoxy) is 1. The van der Waals surface area contributed by atoms with Crippen molar-refractivity contribution in [3.05, 3.63) is 47.9 Å². The first-order valence-corrected chi connectivity index (χ1v) is 10.4. The lowest BCUT2D eigenvalue weighted by Crippen LogP contribution is -2.46. The Morgan fingerprint density at radius 2 is 1.84 bits per heavy atom. The molecule has 2 aliphatic rings. The summed E-state index contributed by atoms with van der Waals surface area (Å²) < 4.78 is 7.49. The Hall–Kier alpha value is -2.22. The number of nitrogens with two attached hydrogens (primary N) is 1. The van der Waals surface area contributed by atoms with Crippen molar-refractivity contribution < 1.29 is 14.3 Å². The number of hydrogen-bond donors (Lipinski definition) is 1. The number of benzene rings is 1. The van der Waals surface area contributed by atoms with E-state index in [0.29, 0.717) is 6.54 Å². The number of esters is 1. The maximum atomic E-state index is 13.4. The summed E-state index contributed by atoms with van der Waals surface area (Å²) in [5.41, 5.74) is 7.90. The molecular formula is C23H32Cl2N4O3. The van der Waals surface area contributed by atoms with Crippen LogP contribution in [0.4, 0.5) is 0 Å². The van der Waals surface area contributed by atoms with Gasteiger partial charge in [0.25, 0.3) is 0 Å². The minimum Gasteiger partial charge on any atom is -0.443 e. The molecular weight excluding hydrogens is 451 g/mol. The molecule has 32 heavy (non-hydrogen) atoms. The average Bonchev–Trinajstić information content (AvgIpc) is 3.20. The Balaban J connectivity index is 0.00000181. The second-order valence-corrected chi connectivity index (χ2v) is 8.92. The van der Waals surface area contributed by atoms with Crippen LogP contribution in [0.25, 0.3) is 10.9 Å². The van der Waals surface area contributed by atoms with Gasteiger partial charge in [0, 0.05) is 54.1 Å². The van der Waals surface area contributed by atoms with Gasteiger partial charge in [-0.05, 0) is 39.7 Å². The number of ketones is 1. The Kier molecular flexibility index (Phi) is 7.92. The SMILES string of the molecule is CC1N(COC(=O)C(C)(C)N)C=CN1CC1CCc2c(c3ccccc3n2C)C1=O.Cl.Cl. The fourth-order valence-electron chi connectivity index (χ4n) is 4.38. The van der Waals surface area contributed by atoms with E-state index in [1.807, 2.05) is 49.5 Å². The first-order chi connectivity index (χ1) is 14.2. The number of carbonyl (C=O) groups is 2. The van der Waals surface area contributed by atoms with Gasteiger partial charge in [-0.3, -0.25) is 9.59 Å². The molecule has 0 bridgehead atoms. The van der Waals surface area contributed by atoms with Gasteiger partial charge in [0.2, 0.25) is 0 Å². The molecule has 0 saturated heterocycles. The number of fused-ring (bicyclic) bond motifs is 3. The zero-order valence-corrected chi connectivity index (χ0v) is 20.5. The van der Waals surface area contributed by atoms with Crippen LogP contribution in [0, 0.1) is 5.92 Å². The highest BCUT2D eigenvalue weighted by atomic mass is 35.5. The van der Waals surface area contributed by atoms with E-state index in [9.17, 15) is 9.59 Å². The predicted molar refractivity (Wildman–Crippen MR) is 130 cm³/mol. The first kappa shape index (κ1) is 26.0. The molecule has 1 aromatic carbocycles. The summed E-state index contributed by atoms with van der Waals surface area (Å²) >= 11 is 0. The second kappa shape index (κ2) is 9.73. The van der Waals surface area contributed by atoms with E-state index in [2.05, 4.69) is 15.5 Å². The van der Waals surface area contributed by atoms with Crippen molar-refractivity contribution in [2.45, 2.75) is 45.3 Å². The topological polar surface area (TPSA) is 80.8 Å².